The normalized spacial score (nSPS) is 7.15. The first-order chi connectivity index (χ1) is 5.39. The van der Waals surface area contributed by atoms with Crippen molar-refractivity contribution >= 4 is 0 Å². The third kappa shape index (κ3) is 8.08. The molecule has 0 aromatic heterocycles. The molecule has 0 N–H and O–H groups in total. The van der Waals surface area contributed by atoms with Crippen LogP contribution in [0.4, 0.5) is 0 Å². The summed E-state index contributed by atoms with van der Waals surface area (Å²) < 4.78 is 0. The topological polar surface area (TPSA) is 0 Å². The van der Waals surface area contributed by atoms with Crippen LogP contribution in [0.1, 0.15) is 5.56 Å². The van der Waals surface area contributed by atoms with Crippen molar-refractivity contribution in [3.63, 3.8) is 0 Å². The van der Waals surface area contributed by atoms with E-state index in [0.29, 0.717) is 0 Å². The van der Waals surface area contributed by atoms with E-state index in [1.54, 1.807) is 0 Å². The van der Waals surface area contributed by atoms with Crippen LogP contribution >= 0.6 is 0 Å². The van der Waals surface area contributed by atoms with Gasteiger partial charge >= 0.3 is 0 Å². The number of aryl methyl sites for hydroxylation is 1. The molecule has 0 saturated carbocycles. The predicted molar refractivity (Wildman–Crippen MR) is 48.8 cm³/mol. The fourth-order valence-corrected chi connectivity index (χ4v) is 0.791. The minimum absolute atomic E-state index is 0. The van der Waals surface area contributed by atoms with Gasteiger partial charge in [-0.2, -0.15) is 17.7 Å². The average Bonchev–Trinajstić information content (AvgIpc) is 2.57. The Morgan fingerprint density at radius 3 is 1.23 bits per heavy atom. The molecule has 0 atom stereocenters. The Kier molecular flexibility index (Phi) is 11.5. The van der Waals surface area contributed by atoms with E-state index >= 15 is 0 Å². The van der Waals surface area contributed by atoms with Crippen molar-refractivity contribution in [2.75, 3.05) is 0 Å². The van der Waals surface area contributed by atoms with Crippen molar-refractivity contribution in [2.24, 2.45) is 0 Å². The van der Waals surface area contributed by atoms with Gasteiger partial charge in [-0.05, 0) is 0 Å². The van der Waals surface area contributed by atoms with E-state index in [9.17, 15) is 0 Å². The van der Waals surface area contributed by atoms with Crippen LogP contribution in [-0.4, -0.2) is 0 Å². The second-order valence-corrected chi connectivity index (χ2v) is 2.42. The van der Waals surface area contributed by atoms with Gasteiger partial charge in [0.2, 0.25) is 0 Å². The van der Waals surface area contributed by atoms with Crippen molar-refractivity contribution in [2.45, 2.75) is 6.92 Å². The Labute approximate surface area is 101 Å². The zero-order valence-corrected chi connectivity index (χ0v) is 9.61. The molecular formula is C11H12Fe2-6. The fraction of sp³-hybridized carbons (Fsp3) is 0.0909. The van der Waals surface area contributed by atoms with E-state index in [0.717, 1.165) is 0 Å². The molecule has 0 spiro atoms. The molecule has 0 unspecified atom stereocenters. The van der Waals surface area contributed by atoms with Gasteiger partial charge in [0.1, 0.15) is 0 Å². The van der Waals surface area contributed by atoms with Crippen molar-refractivity contribution in [1.29, 1.82) is 0 Å². The Morgan fingerprint density at radius 1 is 0.769 bits per heavy atom. The summed E-state index contributed by atoms with van der Waals surface area (Å²) in [5.74, 6) is 0. The summed E-state index contributed by atoms with van der Waals surface area (Å²) in [7, 11) is 0. The molecule has 0 amide bonds. The maximum Gasteiger partial charge on any atom is 0 e. The third-order valence-corrected chi connectivity index (χ3v) is 1.38. The first kappa shape index (κ1) is 15.2. The molecular weight excluding hydrogens is 244 g/mol. The van der Waals surface area contributed by atoms with Crippen molar-refractivity contribution in [3.8, 4) is 0 Å². The molecule has 0 bridgehead atoms. The van der Waals surface area contributed by atoms with E-state index in [1.807, 2.05) is 42.5 Å². The Hall–Kier alpha value is -0.261. The maximum atomic E-state index is 2.08. The second-order valence-electron chi connectivity index (χ2n) is 2.42. The Balaban J connectivity index is 0. The SMILES string of the molecule is C[c-]1cccc1.[Fe].[Fe].[cH-]1[cH-][cH-][cH-][cH-]1. The number of hydrogen-bond acceptors (Lipinski definition) is 0. The molecule has 0 saturated heterocycles. The van der Waals surface area contributed by atoms with E-state index in [2.05, 4.69) is 19.1 Å². The molecule has 2 heteroatoms. The molecule has 0 fully saturated rings. The van der Waals surface area contributed by atoms with E-state index in [1.165, 1.54) is 5.56 Å². The van der Waals surface area contributed by atoms with Crippen LogP contribution in [0.3, 0.4) is 0 Å². The molecule has 2 aromatic carbocycles. The van der Waals surface area contributed by atoms with Gasteiger partial charge in [-0.1, -0.05) is 6.92 Å². The van der Waals surface area contributed by atoms with Crippen LogP contribution in [0.2, 0.25) is 0 Å². The quantitative estimate of drug-likeness (QED) is 0.501. The van der Waals surface area contributed by atoms with Crippen molar-refractivity contribution < 1.29 is 34.1 Å². The molecule has 0 nitrogen and oxygen atoms in total. The third-order valence-electron chi connectivity index (χ3n) is 1.38. The minimum atomic E-state index is 0. The summed E-state index contributed by atoms with van der Waals surface area (Å²) >= 11 is 0. The van der Waals surface area contributed by atoms with Gasteiger partial charge in [0, 0.05) is 34.1 Å². The Morgan fingerprint density at radius 2 is 1.08 bits per heavy atom. The van der Waals surface area contributed by atoms with Crippen LogP contribution in [0.15, 0.2) is 54.6 Å². The summed E-state index contributed by atoms with van der Waals surface area (Å²) in [5, 5.41) is 0. The van der Waals surface area contributed by atoms with Gasteiger partial charge in [-0.3, -0.25) is 0 Å². The molecule has 13 heavy (non-hydrogen) atoms. The molecule has 0 radical (unpaired) electrons. The second kappa shape index (κ2) is 9.82. The molecule has 2 rings (SSSR count). The molecule has 2 aromatic rings. The van der Waals surface area contributed by atoms with Crippen molar-refractivity contribution in [1.82, 2.24) is 0 Å². The van der Waals surface area contributed by atoms with Crippen LogP contribution in [0.5, 0.6) is 0 Å². The van der Waals surface area contributed by atoms with Crippen molar-refractivity contribution in [3.05, 3.63) is 60.2 Å². The summed E-state index contributed by atoms with van der Waals surface area (Å²) in [6, 6.07) is 18.2. The van der Waals surface area contributed by atoms with E-state index in [-0.39, 0.29) is 34.1 Å². The van der Waals surface area contributed by atoms with Crippen LogP contribution < -0.4 is 0 Å². The Bertz CT molecular complexity index is 226. The molecule has 78 valence electrons. The first-order valence-electron chi connectivity index (χ1n) is 3.74. The molecule has 0 heterocycles. The smallest absolute Gasteiger partial charge is 0 e. The average molecular weight is 256 g/mol. The summed E-state index contributed by atoms with van der Waals surface area (Å²) in [5.41, 5.74) is 1.34. The van der Waals surface area contributed by atoms with Gasteiger partial charge in [0.05, 0.1) is 0 Å². The molecule has 0 aliphatic rings. The van der Waals surface area contributed by atoms with Crippen LogP contribution in [0.25, 0.3) is 0 Å². The zero-order chi connectivity index (χ0) is 7.94. The van der Waals surface area contributed by atoms with E-state index in [4.69, 9.17) is 0 Å². The molecule has 0 aliphatic heterocycles. The standard InChI is InChI=1S/C6H7.C5H5.2Fe/c1-6-4-2-3-5-6;1-2-4-5-3-1;;/h2-5H,1H3;1-5H;;/q-1;-5;;. The fourth-order valence-electron chi connectivity index (χ4n) is 0.791. The summed E-state index contributed by atoms with van der Waals surface area (Å²) in [6.07, 6.45) is 0. The van der Waals surface area contributed by atoms with Crippen LogP contribution in [0, 0.1) is 6.92 Å². The first-order valence-corrected chi connectivity index (χ1v) is 3.74. The number of hydrogen-bond donors (Lipinski definition) is 0. The van der Waals surface area contributed by atoms with Crippen LogP contribution in [-0.2, 0) is 34.1 Å². The largest absolute Gasteiger partial charge is 0.748 e. The summed E-state index contributed by atoms with van der Waals surface area (Å²) in [4.78, 5) is 0. The van der Waals surface area contributed by atoms with Gasteiger partial charge < -0.3 is 30.3 Å². The number of rotatable bonds is 0. The van der Waals surface area contributed by atoms with Gasteiger partial charge in [-0.25, -0.2) is 12.1 Å². The van der Waals surface area contributed by atoms with Gasteiger partial charge in [0.15, 0.2) is 0 Å². The monoisotopic (exact) mass is 256 g/mol. The predicted octanol–water partition coefficient (Wildman–Crippen LogP) is 3.11. The maximum absolute atomic E-state index is 2.08. The molecule has 0 aliphatic carbocycles. The van der Waals surface area contributed by atoms with E-state index < -0.39 is 0 Å². The summed E-state index contributed by atoms with van der Waals surface area (Å²) in [6.45, 7) is 2.08. The van der Waals surface area contributed by atoms with Gasteiger partial charge in [-0.15, -0.1) is 0 Å². The minimum Gasteiger partial charge on any atom is -0.748 e. The zero-order valence-electron chi connectivity index (χ0n) is 7.40. The van der Waals surface area contributed by atoms with Gasteiger partial charge in [0.25, 0.3) is 0 Å².